The maximum Gasteiger partial charge on any atom is 0.466 e. The molecule has 0 rings (SSSR count). The third-order valence-electron chi connectivity index (χ3n) is 1.08. The quantitative estimate of drug-likeness (QED) is 0.497. The summed E-state index contributed by atoms with van der Waals surface area (Å²) in [6.45, 7) is 2.97. The summed E-state index contributed by atoms with van der Waals surface area (Å²) in [5.41, 5.74) is 0. The highest BCUT2D eigenvalue weighted by Gasteiger charge is 2.08. The van der Waals surface area contributed by atoms with E-state index < -0.39 is 7.12 Å². The van der Waals surface area contributed by atoms with Gasteiger partial charge in [0.1, 0.15) is 0 Å². The summed E-state index contributed by atoms with van der Waals surface area (Å²) in [6, 6.07) is 0. The van der Waals surface area contributed by atoms with Gasteiger partial charge in [-0.05, 0) is 20.0 Å². The first-order chi connectivity index (χ1) is 4.16. The highest BCUT2D eigenvalue weighted by molar-refractivity contribution is 6.41. The maximum absolute atomic E-state index is 8.46. The molecule has 0 saturated heterocycles. The van der Waals surface area contributed by atoms with E-state index in [1.165, 1.54) is 0 Å². The minimum absolute atomic E-state index is 0.341. The Hall–Kier alpha value is -0.0551. The van der Waals surface area contributed by atoms with E-state index in [-0.39, 0.29) is 0 Å². The molecule has 0 heterocycles. The van der Waals surface area contributed by atoms with Crippen LogP contribution in [0, 0.1) is 0 Å². The molecule has 0 aliphatic rings. The molecule has 9 heavy (non-hydrogen) atoms. The zero-order chi connectivity index (χ0) is 7.28. The largest absolute Gasteiger partial charge is 0.466 e. The molecule has 2 N–H and O–H groups in total. The lowest BCUT2D eigenvalue weighted by atomic mass is 9.91. The van der Waals surface area contributed by atoms with Gasteiger partial charge >= 0.3 is 7.12 Å². The van der Waals surface area contributed by atoms with Crippen LogP contribution in [-0.4, -0.2) is 42.1 Å². The van der Waals surface area contributed by atoms with Crippen molar-refractivity contribution in [3.63, 3.8) is 0 Å². The molecular formula is C5H14BNO2. The van der Waals surface area contributed by atoms with Gasteiger partial charge in [-0.25, -0.2) is 0 Å². The van der Waals surface area contributed by atoms with E-state index in [9.17, 15) is 0 Å². The first kappa shape index (κ1) is 8.94. The van der Waals surface area contributed by atoms with Crippen molar-refractivity contribution < 1.29 is 10.0 Å². The van der Waals surface area contributed by atoms with Crippen molar-refractivity contribution in [3.8, 4) is 0 Å². The van der Waals surface area contributed by atoms with E-state index >= 15 is 0 Å². The molecule has 0 saturated carbocycles. The third kappa shape index (κ3) is 5.82. The van der Waals surface area contributed by atoms with Crippen LogP contribution in [0.3, 0.4) is 0 Å². The molecule has 4 heteroatoms. The third-order valence-corrected chi connectivity index (χ3v) is 1.08. The van der Waals surface area contributed by atoms with Crippen LogP contribution in [0.25, 0.3) is 0 Å². The van der Waals surface area contributed by atoms with Crippen LogP contribution in [0.2, 0.25) is 0 Å². The molecule has 0 atom stereocenters. The van der Waals surface area contributed by atoms with Crippen LogP contribution in [0.5, 0.6) is 0 Å². The molecule has 0 aromatic heterocycles. The van der Waals surface area contributed by atoms with E-state index in [4.69, 9.17) is 10.0 Å². The predicted octanol–water partition coefficient (Wildman–Crippen LogP) is -0.660. The molecule has 0 spiro atoms. The summed E-state index contributed by atoms with van der Waals surface area (Å²) in [7, 11) is 0.671. The van der Waals surface area contributed by atoms with Crippen molar-refractivity contribution in [2.24, 2.45) is 0 Å². The lowest BCUT2D eigenvalue weighted by molar-refractivity contribution is 0.320. The Bertz CT molecular complexity index is 70.0. The Balaban J connectivity index is 3.15. The Morgan fingerprint density at radius 1 is 1.44 bits per heavy atom. The van der Waals surface area contributed by atoms with E-state index in [1.807, 2.05) is 11.9 Å². The first-order valence-corrected chi connectivity index (χ1v) is 3.21. The van der Waals surface area contributed by atoms with Gasteiger partial charge in [-0.3, -0.25) is 0 Å². The fraction of sp³-hybridized carbons (Fsp3) is 1.00. The first-order valence-electron chi connectivity index (χ1n) is 3.21. The van der Waals surface area contributed by atoms with Gasteiger partial charge in [0.25, 0.3) is 0 Å². The number of hydrogen-bond acceptors (Lipinski definition) is 3. The number of hydrogen-bond donors (Lipinski definition) is 2. The summed E-state index contributed by atoms with van der Waals surface area (Å²) in [5, 5.41) is 16.9. The van der Waals surface area contributed by atoms with Crippen molar-refractivity contribution in [1.82, 2.24) is 4.90 Å². The number of nitrogens with zero attached hydrogens (tertiary/aromatic N) is 1. The normalized spacial score (nSPS) is 10.3. The topological polar surface area (TPSA) is 43.7 Å². The van der Waals surface area contributed by atoms with E-state index in [2.05, 4.69) is 6.92 Å². The molecule has 0 aromatic rings. The van der Waals surface area contributed by atoms with E-state index in [0.717, 1.165) is 13.0 Å². The van der Waals surface area contributed by atoms with Crippen LogP contribution < -0.4 is 0 Å². The number of rotatable bonds is 4. The summed E-state index contributed by atoms with van der Waals surface area (Å²) in [5.74, 6) is 0. The van der Waals surface area contributed by atoms with Crippen molar-refractivity contribution in [3.05, 3.63) is 0 Å². The lowest BCUT2D eigenvalue weighted by Crippen LogP contribution is -2.32. The van der Waals surface area contributed by atoms with Crippen LogP contribution in [-0.2, 0) is 0 Å². The van der Waals surface area contributed by atoms with Crippen molar-refractivity contribution in [2.45, 2.75) is 13.3 Å². The minimum Gasteiger partial charge on any atom is -0.426 e. The van der Waals surface area contributed by atoms with Crippen LogP contribution in [0.4, 0.5) is 0 Å². The molecule has 0 aliphatic carbocycles. The molecule has 0 unspecified atom stereocenters. The molecule has 0 aliphatic heterocycles. The molecule has 0 radical (unpaired) electrons. The monoisotopic (exact) mass is 131 g/mol. The van der Waals surface area contributed by atoms with Gasteiger partial charge in [-0.15, -0.1) is 0 Å². The van der Waals surface area contributed by atoms with Crippen molar-refractivity contribution >= 4 is 7.12 Å². The fourth-order valence-corrected chi connectivity index (χ4v) is 0.752. The van der Waals surface area contributed by atoms with Gasteiger partial charge < -0.3 is 14.9 Å². The maximum atomic E-state index is 8.46. The van der Waals surface area contributed by atoms with Gasteiger partial charge in [-0.2, -0.15) is 0 Å². The summed E-state index contributed by atoms with van der Waals surface area (Å²) in [6.07, 6.45) is 1.39. The van der Waals surface area contributed by atoms with Crippen molar-refractivity contribution in [2.75, 3.05) is 20.0 Å². The second kappa shape index (κ2) is 4.79. The second-order valence-electron chi connectivity index (χ2n) is 2.24. The fourth-order valence-electron chi connectivity index (χ4n) is 0.752. The van der Waals surface area contributed by atoms with Crippen LogP contribution >= 0.6 is 0 Å². The van der Waals surface area contributed by atoms with Gasteiger partial charge in [0.2, 0.25) is 0 Å². The average Bonchev–Trinajstić information content (AvgIpc) is 1.63. The smallest absolute Gasteiger partial charge is 0.426 e. The molecular weight excluding hydrogens is 117 g/mol. The molecule has 3 nitrogen and oxygen atoms in total. The Morgan fingerprint density at radius 3 is 2.33 bits per heavy atom. The highest BCUT2D eigenvalue weighted by Crippen LogP contribution is 1.84. The molecule has 0 fully saturated rings. The van der Waals surface area contributed by atoms with Gasteiger partial charge in [0, 0.05) is 6.44 Å². The molecule has 0 bridgehead atoms. The zero-order valence-corrected chi connectivity index (χ0v) is 6.04. The van der Waals surface area contributed by atoms with Gasteiger partial charge in [0.05, 0.1) is 0 Å². The van der Waals surface area contributed by atoms with Crippen LogP contribution in [0.15, 0.2) is 0 Å². The van der Waals surface area contributed by atoms with Crippen molar-refractivity contribution in [1.29, 1.82) is 0 Å². The summed E-state index contributed by atoms with van der Waals surface area (Å²) >= 11 is 0. The summed E-state index contributed by atoms with van der Waals surface area (Å²) in [4.78, 5) is 1.88. The van der Waals surface area contributed by atoms with Crippen LogP contribution in [0.1, 0.15) is 13.3 Å². The van der Waals surface area contributed by atoms with Gasteiger partial charge in [-0.1, -0.05) is 6.92 Å². The van der Waals surface area contributed by atoms with E-state index in [0.29, 0.717) is 6.44 Å². The SMILES string of the molecule is CCCN(C)CB(O)O. The molecule has 54 valence electrons. The summed E-state index contributed by atoms with van der Waals surface area (Å²) < 4.78 is 0. The molecule has 0 amide bonds. The molecule has 0 aromatic carbocycles. The Morgan fingerprint density at radius 2 is 2.00 bits per heavy atom. The second-order valence-corrected chi connectivity index (χ2v) is 2.24. The van der Waals surface area contributed by atoms with E-state index in [1.54, 1.807) is 0 Å². The zero-order valence-electron chi connectivity index (χ0n) is 6.04. The highest BCUT2D eigenvalue weighted by atomic mass is 16.4. The Kier molecular flexibility index (Phi) is 4.76. The average molecular weight is 131 g/mol. The predicted molar refractivity (Wildman–Crippen MR) is 38.0 cm³/mol. The lowest BCUT2D eigenvalue weighted by Gasteiger charge is -2.13. The Labute approximate surface area is 56.4 Å². The standard InChI is InChI=1S/C5H14BNO2/c1-3-4-7(2)5-6(8)9/h8-9H,3-5H2,1-2H3. The minimum atomic E-state index is -1.19. The van der Waals surface area contributed by atoms with Gasteiger partial charge in [0.15, 0.2) is 0 Å².